The predicted octanol–water partition coefficient (Wildman–Crippen LogP) is 2.99. The summed E-state index contributed by atoms with van der Waals surface area (Å²) in [6.45, 7) is 2.96. The highest BCUT2D eigenvalue weighted by atomic mass is 35.5. The van der Waals surface area contributed by atoms with Crippen molar-refractivity contribution in [3.63, 3.8) is 0 Å². The first kappa shape index (κ1) is 21.6. The van der Waals surface area contributed by atoms with Crippen LogP contribution < -0.4 is 10.9 Å². The first-order valence-corrected chi connectivity index (χ1v) is 11.2. The number of furan rings is 1. The number of para-hydroxylation sites is 1. The van der Waals surface area contributed by atoms with Gasteiger partial charge in [0.2, 0.25) is 11.5 Å². The number of nitrogens with zero attached hydrogens (tertiary/aromatic N) is 3. The standard InChI is InChI=1S/C24H23ClN4O4/c25-18-7-3-1-5-16(18)19(28-9-11-32-12-10-28)13-26-21(30)14-29-15-27-22-17-6-2-4-8-20(17)33-23(22)24(29)31/h1-8,15,19H,9-14H2,(H,26,30). The Kier molecular flexibility index (Phi) is 6.13. The highest BCUT2D eigenvalue weighted by Crippen LogP contribution is 2.28. The summed E-state index contributed by atoms with van der Waals surface area (Å²) in [7, 11) is 0. The number of hydrogen-bond donors (Lipinski definition) is 1. The molecule has 1 atom stereocenters. The van der Waals surface area contributed by atoms with E-state index in [0.717, 1.165) is 24.0 Å². The first-order valence-electron chi connectivity index (χ1n) is 10.8. The first-order chi connectivity index (χ1) is 16.1. The molecule has 2 aromatic heterocycles. The number of carbonyl (C=O) groups excluding carboxylic acids is 1. The van der Waals surface area contributed by atoms with Crippen LogP contribution in [-0.4, -0.2) is 53.2 Å². The third-order valence-electron chi connectivity index (χ3n) is 5.91. The lowest BCUT2D eigenvalue weighted by molar-refractivity contribution is -0.122. The molecule has 33 heavy (non-hydrogen) atoms. The summed E-state index contributed by atoms with van der Waals surface area (Å²) in [5.41, 5.74) is 1.80. The number of morpholine rings is 1. The Morgan fingerprint density at radius 3 is 2.70 bits per heavy atom. The quantitative estimate of drug-likeness (QED) is 0.470. The van der Waals surface area contributed by atoms with Crippen LogP contribution in [0.1, 0.15) is 11.6 Å². The summed E-state index contributed by atoms with van der Waals surface area (Å²) < 4.78 is 12.4. The second kappa shape index (κ2) is 9.35. The summed E-state index contributed by atoms with van der Waals surface area (Å²) >= 11 is 6.46. The van der Waals surface area contributed by atoms with Gasteiger partial charge < -0.3 is 14.5 Å². The number of carbonyl (C=O) groups is 1. The van der Waals surface area contributed by atoms with E-state index in [1.54, 1.807) is 6.07 Å². The van der Waals surface area contributed by atoms with Crippen LogP contribution in [0.25, 0.3) is 22.1 Å². The van der Waals surface area contributed by atoms with E-state index >= 15 is 0 Å². The van der Waals surface area contributed by atoms with Crippen LogP contribution in [0.2, 0.25) is 5.02 Å². The number of ether oxygens (including phenoxy) is 1. The summed E-state index contributed by atoms with van der Waals surface area (Å²) in [6.07, 6.45) is 1.39. The van der Waals surface area contributed by atoms with Crippen LogP contribution in [0.5, 0.6) is 0 Å². The Labute approximate surface area is 194 Å². The molecule has 3 heterocycles. The van der Waals surface area contributed by atoms with E-state index in [1.165, 1.54) is 10.9 Å². The third-order valence-corrected chi connectivity index (χ3v) is 6.25. The fraction of sp³-hybridized carbons (Fsp3) is 0.292. The number of benzene rings is 2. The van der Waals surface area contributed by atoms with Crippen molar-refractivity contribution in [1.82, 2.24) is 19.8 Å². The summed E-state index contributed by atoms with van der Waals surface area (Å²) in [4.78, 5) is 32.3. The van der Waals surface area contributed by atoms with Gasteiger partial charge in [-0.25, -0.2) is 4.98 Å². The number of hydrogen-bond acceptors (Lipinski definition) is 6. The Morgan fingerprint density at radius 2 is 1.88 bits per heavy atom. The molecule has 170 valence electrons. The smallest absolute Gasteiger partial charge is 0.297 e. The largest absolute Gasteiger partial charge is 0.448 e. The normalized spacial score (nSPS) is 15.7. The maximum absolute atomic E-state index is 12.9. The molecule has 8 nitrogen and oxygen atoms in total. The molecule has 0 saturated carbocycles. The van der Waals surface area contributed by atoms with Crippen molar-refractivity contribution in [1.29, 1.82) is 0 Å². The van der Waals surface area contributed by atoms with Crippen LogP contribution in [0, 0.1) is 0 Å². The minimum absolute atomic E-state index is 0.0979. The fourth-order valence-corrected chi connectivity index (χ4v) is 4.48. The van der Waals surface area contributed by atoms with Crippen molar-refractivity contribution in [3.05, 3.63) is 75.8 Å². The van der Waals surface area contributed by atoms with Gasteiger partial charge in [-0.1, -0.05) is 41.9 Å². The predicted molar refractivity (Wildman–Crippen MR) is 125 cm³/mol. The average Bonchev–Trinajstić information content (AvgIpc) is 3.22. The fourth-order valence-electron chi connectivity index (χ4n) is 4.22. The Bertz CT molecular complexity index is 1360. The van der Waals surface area contributed by atoms with E-state index in [-0.39, 0.29) is 29.6 Å². The van der Waals surface area contributed by atoms with E-state index in [2.05, 4.69) is 15.2 Å². The Hall–Kier alpha value is -3.20. The van der Waals surface area contributed by atoms with Gasteiger partial charge in [0, 0.05) is 30.0 Å². The van der Waals surface area contributed by atoms with Crippen LogP contribution >= 0.6 is 11.6 Å². The van der Waals surface area contributed by atoms with Crippen molar-refractivity contribution in [2.24, 2.45) is 0 Å². The van der Waals surface area contributed by atoms with E-state index in [1.807, 2.05) is 42.5 Å². The lowest BCUT2D eigenvalue weighted by Crippen LogP contribution is -2.44. The second-order valence-electron chi connectivity index (χ2n) is 7.94. The topological polar surface area (TPSA) is 89.6 Å². The summed E-state index contributed by atoms with van der Waals surface area (Å²) in [5.74, 6) is -0.292. The molecule has 5 rings (SSSR count). The molecule has 1 aliphatic rings. The number of nitrogens with one attached hydrogen (secondary N) is 1. The molecule has 1 amide bonds. The Morgan fingerprint density at radius 1 is 1.12 bits per heavy atom. The van der Waals surface area contributed by atoms with Crippen LogP contribution in [-0.2, 0) is 16.1 Å². The molecule has 0 spiro atoms. The molecule has 0 radical (unpaired) electrons. The lowest BCUT2D eigenvalue weighted by Gasteiger charge is -2.35. The monoisotopic (exact) mass is 466 g/mol. The Balaban J connectivity index is 1.34. The average molecular weight is 467 g/mol. The van der Waals surface area contributed by atoms with Crippen molar-refractivity contribution in [3.8, 4) is 0 Å². The minimum Gasteiger partial charge on any atom is -0.448 e. The highest BCUT2D eigenvalue weighted by molar-refractivity contribution is 6.31. The minimum atomic E-state index is -0.387. The summed E-state index contributed by atoms with van der Waals surface area (Å²) in [5, 5.41) is 4.38. The van der Waals surface area contributed by atoms with Crippen molar-refractivity contribution in [2.75, 3.05) is 32.8 Å². The second-order valence-corrected chi connectivity index (χ2v) is 8.35. The molecule has 1 N–H and O–H groups in total. The molecule has 9 heteroatoms. The molecule has 0 aliphatic carbocycles. The number of rotatable bonds is 6. The van der Waals surface area contributed by atoms with Gasteiger partial charge in [0.05, 0.1) is 25.6 Å². The maximum atomic E-state index is 12.9. The van der Waals surface area contributed by atoms with Gasteiger partial charge in [-0.15, -0.1) is 0 Å². The maximum Gasteiger partial charge on any atom is 0.297 e. The van der Waals surface area contributed by atoms with Gasteiger partial charge in [0.15, 0.2) is 0 Å². The van der Waals surface area contributed by atoms with Gasteiger partial charge >= 0.3 is 0 Å². The molecular formula is C24H23ClN4O4. The van der Waals surface area contributed by atoms with Crippen molar-refractivity contribution in [2.45, 2.75) is 12.6 Å². The number of fused-ring (bicyclic) bond motifs is 3. The van der Waals surface area contributed by atoms with Crippen LogP contribution in [0.4, 0.5) is 0 Å². The number of amides is 1. The number of aromatic nitrogens is 2. The molecule has 4 aromatic rings. The zero-order valence-electron chi connectivity index (χ0n) is 17.9. The molecule has 1 aliphatic heterocycles. The zero-order valence-corrected chi connectivity index (χ0v) is 18.6. The zero-order chi connectivity index (χ0) is 22.8. The lowest BCUT2D eigenvalue weighted by atomic mass is 10.0. The number of halogens is 1. The third kappa shape index (κ3) is 4.37. The SMILES string of the molecule is O=C(Cn1cnc2c(oc3ccccc32)c1=O)NCC(c1ccccc1Cl)N1CCOCC1. The molecule has 1 fully saturated rings. The molecule has 2 aromatic carbocycles. The van der Waals surface area contributed by atoms with Gasteiger partial charge in [-0.05, 0) is 23.8 Å². The van der Waals surface area contributed by atoms with Crippen molar-refractivity contribution >= 4 is 39.6 Å². The van der Waals surface area contributed by atoms with Gasteiger partial charge in [-0.3, -0.25) is 19.1 Å². The molecule has 1 saturated heterocycles. The molecule has 0 bridgehead atoms. The van der Waals surface area contributed by atoms with Crippen LogP contribution in [0.15, 0.2) is 64.1 Å². The van der Waals surface area contributed by atoms with Gasteiger partial charge in [0.1, 0.15) is 17.6 Å². The van der Waals surface area contributed by atoms with E-state index < -0.39 is 0 Å². The van der Waals surface area contributed by atoms with E-state index in [9.17, 15) is 9.59 Å². The van der Waals surface area contributed by atoms with Crippen molar-refractivity contribution < 1.29 is 13.9 Å². The molecular weight excluding hydrogens is 444 g/mol. The highest BCUT2D eigenvalue weighted by Gasteiger charge is 2.25. The van der Waals surface area contributed by atoms with Gasteiger partial charge in [-0.2, -0.15) is 0 Å². The van der Waals surface area contributed by atoms with Crippen LogP contribution in [0.3, 0.4) is 0 Å². The molecule has 1 unspecified atom stereocenters. The van der Waals surface area contributed by atoms with Gasteiger partial charge in [0.25, 0.3) is 5.56 Å². The summed E-state index contributed by atoms with van der Waals surface area (Å²) in [6, 6.07) is 14.9. The van der Waals surface area contributed by atoms with E-state index in [4.69, 9.17) is 20.8 Å². The van der Waals surface area contributed by atoms with E-state index in [0.29, 0.717) is 35.9 Å².